The molecule has 1 aromatic heterocycles. The van der Waals surface area contributed by atoms with E-state index < -0.39 is 0 Å². The maximum absolute atomic E-state index is 12.1. The minimum Gasteiger partial charge on any atom is -0.497 e. The molecule has 1 amide bonds. The van der Waals surface area contributed by atoms with Gasteiger partial charge in [-0.25, -0.2) is 4.98 Å². The number of H-pyrrole nitrogens is 1. The number of benzene rings is 1. The van der Waals surface area contributed by atoms with Gasteiger partial charge in [0.2, 0.25) is 5.91 Å². The topological polar surface area (TPSA) is 79.9 Å². The molecule has 1 aliphatic carbocycles. The predicted octanol–water partition coefficient (Wildman–Crippen LogP) is 2.68. The van der Waals surface area contributed by atoms with Crippen molar-refractivity contribution in [2.24, 2.45) is 5.92 Å². The van der Waals surface area contributed by atoms with Crippen LogP contribution in [0.4, 0.5) is 0 Å². The Morgan fingerprint density at radius 2 is 2.00 bits per heavy atom. The minimum atomic E-state index is 0.132. The van der Waals surface area contributed by atoms with E-state index in [0.717, 1.165) is 37.0 Å². The molecule has 0 bridgehead atoms. The van der Waals surface area contributed by atoms with Gasteiger partial charge in [-0.3, -0.25) is 9.89 Å². The van der Waals surface area contributed by atoms with Crippen LogP contribution in [-0.4, -0.2) is 28.2 Å². The molecule has 1 aromatic carbocycles. The molecule has 2 aromatic rings. The Morgan fingerprint density at radius 3 is 2.70 bits per heavy atom. The molecule has 23 heavy (non-hydrogen) atoms. The fourth-order valence-corrected chi connectivity index (χ4v) is 2.92. The van der Waals surface area contributed by atoms with Crippen molar-refractivity contribution in [3.8, 4) is 17.1 Å². The first kappa shape index (κ1) is 15.5. The number of nitrogens with one attached hydrogen (secondary N) is 2. The quantitative estimate of drug-likeness (QED) is 0.889. The molecule has 6 nitrogen and oxygen atoms in total. The van der Waals surface area contributed by atoms with Crippen molar-refractivity contribution < 1.29 is 9.53 Å². The van der Waals surface area contributed by atoms with Gasteiger partial charge in [0.15, 0.2) is 5.82 Å². The largest absolute Gasteiger partial charge is 0.497 e. The predicted molar refractivity (Wildman–Crippen MR) is 86.8 cm³/mol. The van der Waals surface area contributed by atoms with Crippen molar-refractivity contribution in [3.05, 3.63) is 30.1 Å². The van der Waals surface area contributed by atoms with Crippen LogP contribution in [-0.2, 0) is 11.3 Å². The van der Waals surface area contributed by atoms with Crippen LogP contribution in [0.15, 0.2) is 24.3 Å². The van der Waals surface area contributed by atoms with Gasteiger partial charge in [-0.15, -0.1) is 0 Å². The SMILES string of the molecule is COc1ccc(-c2n[nH]c(CNC(=O)C3CCCCC3)n2)cc1. The highest BCUT2D eigenvalue weighted by Crippen LogP contribution is 2.23. The third-order valence-corrected chi connectivity index (χ3v) is 4.29. The zero-order chi connectivity index (χ0) is 16.1. The van der Waals surface area contributed by atoms with E-state index in [1.165, 1.54) is 6.42 Å². The highest BCUT2D eigenvalue weighted by molar-refractivity contribution is 5.78. The molecule has 1 aliphatic rings. The van der Waals surface area contributed by atoms with Crippen LogP contribution in [0.25, 0.3) is 11.4 Å². The molecule has 0 atom stereocenters. The zero-order valence-electron chi connectivity index (χ0n) is 13.3. The Hall–Kier alpha value is -2.37. The molecular weight excluding hydrogens is 292 g/mol. The van der Waals surface area contributed by atoms with Gasteiger partial charge < -0.3 is 10.1 Å². The average Bonchev–Trinajstić information content (AvgIpc) is 3.09. The van der Waals surface area contributed by atoms with E-state index in [-0.39, 0.29) is 11.8 Å². The standard InChI is InChI=1S/C17H22N4O2/c1-23-14-9-7-12(8-10-14)16-19-15(20-21-16)11-18-17(22)13-5-3-2-4-6-13/h7-10,13H,2-6,11H2,1H3,(H,18,22)(H,19,20,21). The Morgan fingerprint density at radius 1 is 1.26 bits per heavy atom. The minimum absolute atomic E-state index is 0.132. The summed E-state index contributed by atoms with van der Waals surface area (Å²) in [6.07, 6.45) is 5.56. The van der Waals surface area contributed by atoms with E-state index >= 15 is 0 Å². The summed E-state index contributed by atoms with van der Waals surface area (Å²) in [5.41, 5.74) is 0.909. The fourth-order valence-electron chi connectivity index (χ4n) is 2.92. The maximum atomic E-state index is 12.1. The maximum Gasteiger partial charge on any atom is 0.223 e. The number of carbonyl (C=O) groups excluding carboxylic acids is 1. The third-order valence-electron chi connectivity index (χ3n) is 4.29. The van der Waals surface area contributed by atoms with E-state index in [2.05, 4.69) is 20.5 Å². The molecule has 3 rings (SSSR count). The van der Waals surface area contributed by atoms with E-state index in [1.807, 2.05) is 24.3 Å². The van der Waals surface area contributed by atoms with Crippen molar-refractivity contribution >= 4 is 5.91 Å². The Kier molecular flexibility index (Phi) is 4.90. The van der Waals surface area contributed by atoms with Gasteiger partial charge in [0.1, 0.15) is 11.6 Å². The number of methoxy groups -OCH3 is 1. The lowest BCUT2D eigenvalue weighted by molar-refractivity contribution is -0.126. The van der Waals surface area contributed by atoms with Crippen molar-refractivity contribution in [1.82, 2.24) is 20.5 Å². The zero-order valence-corrected chi connectivity index (χ0v) is 13.3. The van der Waals surface area contributed by atoms with Crippen molar-refractivity contribution in [2.75, 3.05) is 7.11 Å². The molecule has 1 saturated carbocycles. The summed E-state index contributed by atoms with van der Waals surface area (Å²) in [5.74, 6) is 2.37. The number of rotatable bonds is 5. The first-order valence-electron chi connectivity index (χ1n) is 8.09. The Labute approximate surface area is 135 Å². The molecule has 0 aliphatic heterocycles. The smallest absolute Gasteiger partial charge is 0.223 e. The summed E-state index contributed by atoms with van der Waals surface area (Å²) >= 11 is 0. The summed E-state index contributed by atoms with van der Waals surface area (Å²) in [5, 5.41) is 10.0. The van der Waals surface area contributed by atoms with Crippen LogP contribution in [0.2, 0.25) is 0 Å². The Balaban J connectivity index is 1.57. The molecular formula is C17H22N4O2. The number of aromatic nitrogens is 3. The molecule has 122 valence electrons. The van der Waals surface area contributed by atoms with Crippen molar-refractivity contribution in [3.63, 3.8) is 0 Å². The van der Waals surface area contributed by atoms with Crippen LogP contribution < -0.4 is 10.1 Å². The number of aromatic amines is 1. The molecule has 0 spiro atoms. The summed E-state index contributed by atoms with van der Waals surface area (Å²) < 4.78 is 5.14. The molecule has 6 heteroatoms. The normalized spacial score (nSPS) is 15.3. The molecule has 0 saturated heterocycles. The van der Waals surface area contributed by atoms with Gasteiger partial charge in [0.25, 0.3) is 0 Å². The molecule has 2 N–H and O–H groups in total. The first-order valence-corrected chi connectivity index (χ1v) is 8.09. The van der Waals surface area contributed by atoms with Gasteiger partial charge in [0.05, 0.1) is 13.7 Å². The number of hydrogen-bond donors (Lipinski definition) is 2. The van der Waals surface area contributed by atoms with E-state index in [9.17, 15) is 4.79 Å². The molecule has 0 radical (unpaired) electrons. The average molecular weight is 314 g/mol. The number of nitrogens with zero attached hydrogens (tertiary/aromatic N) is 2. The van der Waals surface area contributed by atoms with E-state index in [0.29, 0.717) is 18.2 Å². The van der Waals surface area contributed by atoms with Crippen molar-refractivity contribution in [1.29, 1.82) is 0 Å². The van der Waals surface area contributed by atoms with Gasteiger partial charge in [-0.05, 0) is 37.1 Å². The van der Waals surface area contributed by atoms with Gasteiger partial charge in [0, 0.05) is 11.5 Å². The van der Waals surface area contributed by atoms with Gasteiger partial charge >= 0.3 is 0 Å². The number of ether oxygens (including phenoxy) is 1. The number of carbonyl (C=O) groups is 1. The molecule has 1 heterocycles. The lowest BCUT2D eigenvalue weighted by atomic mass is 9.89. The monoisotopic (exact) mass is 314 g/mol. The summed E-state index contributed by atoms with van der Waals surface area (Å²) in [6.45, 7) is 0.387. The van der Waals surface area contributed by atoms with E-state index in [1.54, 1.807) is 7.11 Å². The van der Waals surface area contributed by atoms with Gasteiger partial charge in [-0.2, -0.15) is 5.10 Å². The second-order valence-corrected chi connectivity index (χ2v) is 5.89. The second-order valence-electron chi connectivity index (χ2n) is 5.89. The molecule has 0 unspecified atom stereocenters. The highest BCUT2D eigenvalue weighted by atomic mass is 16.5. The van der Waals surface area contributed by atoms with Crippen molar-refractivity contribution in [2.45, 2.75) is 38.6 Å². The fraction of sp³-hybridized carbons (Fsp3) is 0.471. The number of amides is 1. The highest BCUT2D eigenvalue weighted by Gasteiger charge is 2.20. The first-order chi connectivity index (χ1) is 11.3. The van der Waals surface area contributed by atoms with Crippen LogP contribution in [0.1, 0.15) is 37.9 Å². The summed E-state index contributed by atoms with van der Waals surface area (Å²) in [6, 6.07) is 7.56. The molecule has 1 fully saturated rings. The van der Waals surface area contributed by atoms with Crippen LogP contribution >= 0.6 is 0 Å². The Bertz CT molecular complexity index is 645. The lowest BCUT2D eigenvalue weighted by Gasteiger charge is -2.20. The van der Waals surface area contributed by atoms with Crippen LogP contribution in [0.3, 0.4) is 0 Å². The van der Waals surface area contributed by atoms with Crippen LogP contribution in [0.5, 0.6) is 5.75 Å². The second kappa shape index (κ2) is 7.26. The lowest BCUT2D eigenvalue weighted by Crippen LogP contribution is -2.31. The third kappa shape index (κ3) is 3.88. The summed E-state index contributed by atoms with van der Waals surface area (Å²) in [7, 11) is 1.63. The van der Waals surface area contributed by atoms with Crippen LogP contribution in [0, 0.1) is 5.92 Å². The summed E-state index contributed by atoms with van der Waals surface area (Å²) in [4.78, 5) is 16.6. The van der Waals surface area contributed by atoms with E-state index in [4.69, 9.17) is 4.74 Å². The van der Waals surface area contributed by atoms with Gasteiger partial charge in [-0.1, -0.05) is 19.3 Å². The number of hydrogen-bond acceptors (Lipinski definition) is 4.